The molecule has 0 bridgehead atoms. The summed E-state index contributed by atoms with van der Waals surface area (Å²) in [5, 5.41) is 3.32. The van der Waals surface area contributed by atoms with Crippen molar-refractivity contribution < 1.29 is 0 Å². The molecule has 0 atom stereocenters. The molecule has 1 aromatic carbocycles. The van der Waals surface area contributed by atoms with E-state index in [1.54, 1.807) is 0 Å². The fraction of sp³-hybridized carbons (Fsp3) is 0.385. The van der Waals surface area contributed by atoms with Gasteiger partial charge >= 0.3 is 0 Å². The van der Waals surface area contributed by atoms with Crippen LogP contribution in [-0.4, -0.2) is 36.1 Å². The predicted molar refractivity (Wildman–Crippen MR) is 73.8 cm³/mol. The molecule has 0 saturated carbocycles. The number of hydrogen-bond donors (Lipinski definition) is 2. The van der Waals surface area contributed by atoms with Gasteiger partial charge in [0.05, 0.1) is 11.0 Å². The monoisotopic (exact) mass is 243 g/mol. The molecule has 0 spiro atoms. The van der Waals surface area contributed by atoms with Crippen molar-refractivity contribution in [3.05, 3.63) is 23.8 Å². The Kier molecular flexibility index (Phi) is 2.76. The number of rotatable bonds is 1. The third-order valence-electron chi connectivity index (χ3n) is 3.24. The van der Waals surface area contributed by atoms with Crippen molar-refractivity contribution in [2.24, 2.45) is 0 Å². The number of fused-ring (bicyclic) bond motifs is 1. The predicted octanol–water partition coefficient (Wildman–Crippen LogP) is 0.930. The topological polar surface area (TPSA) is 67.1 Å². The number of aromatic nitrogens is 2. The second kappa shape index (κ2) is 4.42. The van der Waals surface area contributed by atoms with Crippen LogP contribution in [0.3, 0.4) is 0 Å². The average molecular weight is 243 g/mol. The van der Waals surface area contributed by atoms with Crippen molar-refractivity contribution in [2.75, 3.05) is 36.8 Å². The van der Waals surface area contributed by atoms with Gasteiger partial charge in [-0.3, -0.25) is 0 Å². The normalized spacial score (nSPS) is 16.2. The molecule has 0 aliphatic carbocycles. The average Bonchev–Trinajstić information content (AvgIpc) is 2.39. The lowest BCUT2D eigenvalue weighted by Crippen LogP contribution is -2.44. The maximum absolute atomic E-state index is 6.02. The first-order chi connectivity index (χ1) is 8.74. The van der Waals surface area contributed by atoms with Crippen LogP contribution >= 0.6 is 0 Å². The lowest BCUT2D eigenvalue weighted by molar-refractivity contribution is 0.585. The van der Waals surface area contributed by atoms with Crippen molar-refractivity contribution in [1.82, 2.24) is 15.3 Å². The molecule has 3 rings (SSSR count). The molecule has 18 heavy (non-hydrogen) atoms. The number of anilines is 2. The second-order valence-corrected chi connectivity index (χ2v) is 4.66. The minimum Gasteiger partial charge on any atom is -0.381 e. The van der Waals surface area contributed by atoms with Crippen LogP contribution in [0.5, 0.6) is 0 Å². The number of nitrogens with one attached hydrogen (secondary N) is 1. The summed E-state index contributed by atoms with van der Waals surface area (Å²) in [4.78, 5) is 11.3. The first kappa shape index (κ1) is 11.2. The van der Waals surface area contributed by atoms with Crippen LogP contribution in [0.15, 0.2) is 18.2 Å². The summed E-state index contributed by atoms with van der Waals surface area (Å²) in [7, 11) is 0. The maximum atomic E-state index is 6.02. The Hall–Kier alpha value is -1.88. The molecule has 1 fully saturated rings. The fourth-order valence-electron chi connectivity index (χ4n) is 2.28. The van der Waals surface area contributed by atoms with Gasteiger partial charge in [0, 0.05) is 26.2 Å². The van der Waals surface area contributed by atoms with Gasteiger partial charge in [-0.15, -0.1) is 0 Å². The number of nitrogen functional groups attached to an aromatic ring is 1. The Morgan fingerprint density at radius 1 is 1.17 bits per heavy atom. The molecule has 94 valence electrons. The summed E-state index contributed by atoms with van der Waals surface area (Å²) in [5.74, 6) is 1.34. The van der Waals surface area contributed by atoms with Crippen molar-refractivity contribution in [3.8, 4) is 0 Å². The molecule has 5 heteroatoms. The molecule has 5 nitrogen and oxygen atoms in total. The van der Waals surface area contributed by atoms with Gasteiger partial charge in [-0.25, -0.2) is 9.97 Å². The van der Waals surface area contributed by atoms with E-state index < -0.39 is 0 Å². The summed E-state index contributed by atoms with van der Waals surface area (Å²) in [5.41, 5.74) is 8.98. The first-order valence-electron chi connectivity index (χ1n) is 6.23. The quantitative estimate of drug-likeness (QED) is 0.780. The van der Waals surface area contributed by atoms with Crippen LogP contribution in [0.2, 0.25) is 0 Å². The van der Waals surface area contributed by atoms with E-state index in [4.69, 9.17) is 5.73 Å². The van der Waals surface area contributed by atoms with Gasteiger partial charge in [-0.05, 0) is 24.6 Å². The van der Waals surface area contributed by atoms with Crippen LogP contribution in [-0.2, 0) is 0 Å². The lowest BCUT2D eigenvalue weighted by Gasteiger charge is -2.29. The van der Waals surface area contributed by atoms with E-state index >= 15 is 0 Å². The number of nitrogens with two attached hydrogens (primary N) is 1. The molecule has 2 aromatic rings. The highest BCUT2D eigenvalue weighted by atomic mass is 15.2. The molecular weight excluding hydrogens is 226 g/mol. The summed E-state index contributed by atoms with van der Waals surface area (Å²) in [6.07, 6.45) is 0. The fourth-order valence-corrected chi connectivity index (χ4v) is 2.28. The maximum Gasteiger partial charge on any atom is 0.172 e. The SMILES string of the molecule is Cc1ccc2nc(N)c(N3CCNCC3)nc2c1. The first-order valence-corrected chi connectivity index (χ1v) is 6.23. The standard InChI is InChI=1S/C13H17N5/c1-9-2-3-10-11(8-9)17-13(12(14)16-10)18-6-4-15-5-7-18/h2-3,8,15H,4-7H2,1H3,(H2,14,16). The highest BCUT2D eigenvalue weighted by molar-refractivity contribution is 5.80. The van der Waals surface area contributed by atoms with E-state index in [1.807, 2.05) is 18.2 Å². The second-order valence-electron chi connectivity index (χ2n) is 4.66. The molecule has 1 aromatic heterocycles. The molecule has 1 aliphatic rings. The lowest BCUT2D eigenvalue weighted by atomic mass is 10.2. The molecule has 3 N–H and O–H groups in total. The number of piperazine rings is 1. The van der Waals surface area contributed by atoms with Gasteiger partial charge in [-0.2, -0.15) is 0 Å². The number of hydrogen-bond acceptors (Lipinski definition) is 5. The molecule has 0 unspecified atom stereocenters. The van der Waals surface area contributed by atoms with Crippen molar-refractivity contribution in [2.45, 2.75) is 6.92 Å². The highest BCUT2D eigenvalue weighted by Gasteiger charge is 2.16. The van der Waals surface area contributed by atoms with E-state index in [2.05, 4.69) is 27.1 Å². The summed E-state index contributed by atoms with van der Waals surface area (Å²) < 4.78 is 0. The largest absolute Gasteiger partial charge is 0.381 e. The van der Waals surface area contributed by atoms with E-state index in [9.17, 15) is 0 Å². The Morgan fingerprint density at radius 3 is 2.72 bits per heavy atom. The van der Waals surface area contributed by atoms with Crippen LogP contribution in [0.4, 0.5) is 11.6 Å². The summed E-state index contributed by atoms with van der Waals surface area (Å²) in [6, 6.07) is 6.05. The van der Waals surface area contributed by atoms with Gasteiger partial charge in [0.15, 0.2) is 11.6 Å². The van der Waals surface area contributed by atoms with Gasteiger partial charge in [0.1, 0.15) is 0 Å². The number of nitrogens with zero attached hydrogens (tertiary/aromatic N) is 3. The minimum atomic E-state index is 0.522. The number of aryl methyl sites for hydroxylation is 1. The minimum absolute atomic E-state index is 0.522. The van der Waals surface area contributed by atoms with Crippen LogP contribution in [0.25, 0.3) is 11.0 Å². The Balaban J connectivity index is 2.07. The third-order valence-corrected chi connectivity index (χ3v) is 3.24. The Bertz CT molecular complexity index is 575. The van der Waals surface area contributed by atoms with Crippen molar-refractivity contribution >= 4 is 22.7 Å². The molecule has 2 heterocycles. The van der Waals surface area contributed by atoms with Crippen molar-refractivity contribution in [1.29, 1.82) is 0 Å². The Morgan fingerprint density at radius 2 is 1.94 bits per heavy atom. The van der Waals surface area contributed by atoms with E-state index in [-0.39, 0.29) is 0 Å². The highest BCUT2D eigenvalue weighted by Crippen LogP contribution is 2.23. The molecular formula is C13H17N5. The van der Waals surface area contributed by atoms with Crippen LogP contribution in [0, 0.1) is 6.92 Å². The zero-order valence-corrected chi connectivity index (χ0v) is 10.5. The van der Waals surface area contributed by atoms with Gasteiger partial charge in [0.2, 0.25) is 0 Å². The van der Waals surface area contributed by atoms with Gasteiger partial charge in [-0.1, -0.05) is 6.07 Å². The summed E-state index contributed by atoms with van der Waals surface area (Å²) in [6.45, 7) is 5.84. The molecule has 0 radical (unpaired) electrons. The number of benzene rings is 1. The van der Waals surface area contributed by atoms with Crippen LogP contribution < -0.4 is 16.0 Å². The Labute approximate surface area is 106 Å². The molecule has 0 amide bonds. The molecule has 1 saturated heterocycles. The van der Waals surface area contributed by atoms with Gasteiger partial charge in [0.25, 0.3) is 0 Å². The van der Waals surface area contributed by atoms with Crippen LogP contribution in [0.1, 0.15) is 5.56 Å². The third kappa shape index (κ3) is 1.97. The zero-order valence-electron chi connectivity index (χ0n) is 10.5. The smallest absolute Gasteiger partial charge is 0.172 e. The van der Waals surface area contributed by atoms with E-state index in [0.717, 1.165) is 43.0 Å². The molecule has 1 aliphatic heterocycles. The van der Waals surface area contributed by atoms with E-state index in [1.165, 1.54) is 5.56 Å². The van der Waals surface area contributed by atoms with E-state index in [0.29, 0.717) is 5.82 Å². The summed E-state index contributed by atoms with van der Waals surface area (Å²) >= 11 is 0. The zero-order chi connectivity index (χ0) is 12.5. The van der Waals surface area contributed by atoms with Crippen molar-refractivity contribution in [3.63, 3.8) is 0 Å². The van der Waals surface area contributed by atoms with Gasteiger partial charge < -0.3 is 16.0 Å².